The molecule has 2 N–H and O–H groups in total. The summed E-state index contributed by atoms with van der Waals surface area (Å²) in [6, 6.07) is 14.0. The molecule has 0 spiro atoms. The molecule has 0 aliphatic heterocycles. The van der Waals surface area contributed by atoms with Crippen molar-refractivity contribution >= 4 is 38.2 Å². The first-order valence-corrected chi connectivity index (χ1v) is 9.77. The molecule has 0 radical (unpaired) electrons. The van der Waals surface area contributed by atoms with E-state index in [-0.39, 0.29) is 10.8 Å². The molecule has 0 aliphatic carbocycles. The number of rotatable bonds is 5. The van der Waals surface area contributed by atoms with Crippen molar-refractivity contribution in [2.24, 2.45) is 0 Å². The summed E-state index contributed by atoms with van der Waals surface area (Å²) < 4.78 is 26.0. The molecule has 142 valence electrons. The third-order valence-corrected chi connectivity index (χ3v) is 6.06. The number of nitrogens with zero attached hydrogens (tertiary/aromatic N) is 2. The highest BCUT2D eigenvalue weighted by Gasteiger charge is 2.20. The molecule has 0 aliphatic rings. The molecule has 0 atom stereocenters. The molecule has 7 nitrogen and oxygen atoms in total. The zero-order valence-corrected chi connectivity index (χ0v) is 16.5. The molecule has 0 bridgehead atoms. The van der Waals surface area contributed by atoms with Crippen molar-refractivity contribution in [1.82, 2.24) is 9.29 Å². The van der Waals surface area contributed by atoms with Crippen molar-refractivity contribution < 1.29 is 13.2 Å². The second-order valence-electron chi connectivity index (χ2n) is 6.59. The van der Waals surface area contributed by atoms with Crippen LogP contribution in [0.4, 0.5) is 11.4 Å². The number of H-pyrrole nitrogens is 1. The maximum absolute atomic E-state index is 12.7. The van der Waals surface area contributed by atoms with E-state index in [0.29, 0.717) is 17.1 Å². The third kappa shape index (κ3) is 3.67. The van der Waals surface area contributed by atoms with Gasteiger partial charge in [-0.15, -0.1) is 0 Å². The van der Waals surface area contributed by atoms with Gasteiger partial charge in [0.15, 0.2) is 0 Å². The van der Waals surface area contributed by atoms with E-state index in [9.17, 15) is 13.2 Å². The summed E-state index contributed by atoms with van der Waals surface area (Å²) in [5.74, 6) is -0.339. The van der Waals surface area contributed by atoms with E-state index in [1.165, 1.54) is 26.2 Å². The lowest BCUT2D eigenvalue weighted by Gasteiger charge is -2.20. The molecule has 0 fully saturated rings. The Labute approximate surface area is 158 Å². The SMILES string of the molecule is CN(C)c1ccc(S(=O)(=O)N(C)C)cc1NC(=O)c1cc2ccccc2[nH]1. The highest BCUT2D eigenvalue weighted by Crippen LogP contribution is 2.29. The zero-order valence-electron chi connectivity index (χ0n) is 15.6. The number of anilines is 2. The van der Waals surface area contributed by atoms with Crippen molar-refractivity contribution in [3.63, 3.8) is 0 Å². The minimum absolute atomic E-state index is 0.116. The normalized spacial score (nSPS) is 11.7. The molecule has 8 heteroatoms. The first-order chi connectivity index (χ1) is 12.7. The predicted octanol–water partition coefficient (Wildman–Crippen LogP) is 2.74. The van der Waals surface area contributed by atoms with Crippen LogP contribution in [0.1, 0.15) is 10.5 Å². The van der Waals surface area contributed by atoms with Gasteiger partial charge in [0.1, 0.15) is 5.69 Å². The number of aromatic nitrogens is 1. The standard InChI is InChI=1S/C19H22N4O3S/c1-22(2)18-10-9-14(27(25,26)23(3)4)12-16(18)21-19(24)17-11-13-7-5-6-8-15(13)20-17/h5-12,20H,1-4H3,(H,21,24). The minimum Gasteiger partial charge on any atom is -0.376 e. The molecule has 2 aromatic carbocycles. The highest BCUT2D eigenvalue weighted by atomic mass is 32.2. The van der Waals surface area contributed by atoms with Crippen LogP contribution in [-0.2, 0) is 10.0 Å². The van der Waals surface area contributed by atoms with Crippen molar-refractivity contribution in [1.29, 1.82) is 0 Å². The van der Waals surface area contributed by atoms with E-state index >= 15 is 0 Å². The fraction of sp³-hybridized carbons (Fsp3) is 0.211. The van der Waals surface area contributed by atoms with Gasteiger partial charge in [0.2, 0.25) is 10.0 Å². The molecule has 0 saturated carbocycles. The minimum atomic E-state index is -3.61. The van der Waals surface area contributed by atoms with Crippen molar-refractivity contribution in [3.8, 4) is 0 Å². The number of aromatic amines is 1. The Balaban J connectivity index is 2.00. The average molecular weight is 386 g/mol. The lowest BCUT2D eigenvalue weighted by molar-refractivity contribution is 0.102. The Morgan fingerprint density at radius 3 is 2.33 bits per heavy atom. The molecule has 1 amide bonds. The number of hydrogen-bond acceptors (Lipinski definition) is 4. The molecule has 0 unspecified atom stereocenters. The van der Waals surface area contributed by atoms with Crippen LogP contribution in [0.5, 0.6) is 0 Å². The third-order valence-electron chi connectivity index (χ3n) is 4.25. The van der Waals surface area contributed by atoms with Crippen LogP contribution < -0.4 is 10.2 Å². The molecule has 1 aromatic heterocycles. The molecule has 27 heavy (non-hydrogen) atoms. The maximum atomic E-state index is 12.7. The number of nitrogens with one attached hydrogen (secondary N) is 2. The molecule has 3 aromatic rings. The fourth-order valence-electron chi connectivity index (χ4n) is 2.76. The second kappa shape index (κ2) is 7.05. The number of hydrogen-bond donors (Lipinski definition) is 2. The number of amides is 1. The van der Waals surface area contributed by atoms with Crippen molar-refractivity contribution in [3.05, 3.63) is 54.2 Å². The van der Waals surface area contributed by atoms with Gasteiger partial charge in [0.25, 0.3) is 5.91 Å². The smallest absolute Gasteiger partial charge is 0.272 e. The van der Waals surface area contributed by atoms with Gasteiger partial charge in [-0.05, 0) is 30.3 Å². The van der Waals surface area contributed by atoms with Crippen LogP contribution >= 0.6 is 0 Å². The van der Waals surface area contributed by atoms with Crippen LogP contribution in [-0.4, -0.2) is 51.8 Å². The monoisotopic (exact) mass is 386 g/mol. The van der Waals surface area contributed by atoms with Gasteiger partial charge in [-0.25, -0.2) is 12.7 Å². The van der Waals surface area contributed by atoms with Gasteiger partial charge in [-0.1, -0.05) is 18.2 Å². The highest BCUT2D eigenvalue weighted by molar-refractivity contribution is 7.89. The Morgan fingerprint density at radius 2 is 1.70 bits per heavy atom. The van der Waals surface area contributed by atoms with Crippen LogP contribution in [0.15, 0.2) is 53.4 Å². The van der Waals surface area contributed by atoms with Gasteiger partial charge in [0, 0.05) is 39.1 Å². The maximum Gasteiger partial charge on any atom is 0.272 e. The van der Waals surface area contributed by atoms with Gasteiger partial charge in [-0.2, -0.15) is 0 Å². The first-order valence-electron chi connectivity index (χ1n) is 8.33. The van der Waals surface area contributed by atoms with E-state index in [4.69, 9.17) is 0 Å². The number of fused-ring (bicyclic) bond motifs is 1. The Hall–Kier alpha value is -2.84. The van der Waals surface area contributed by atoms with Gasteiger partial charge in [0.05, 0.1) is 16.3 Å². The zero-order chi connectivity index (χ0) is 19.8. The number of benzene rings is 2. The summed E-state index contributed by atoms with van der Waals surface area (Å²) in [4.78, 5) is 17.7. The molecule has 3 rings (SSSR count). The number of carbonyl (C=O) groups excluding carboxylic acids is 1. The first kappa shape index (κ1) is 18.9. The summed E-state index contributed by atoms with van der Waals surface area (Å²) in [6.45, 7) is 0. The van der Waals surface area contributed by atoms with Crippen molar-refractivity contribution in [2.45, 2.75) is 4.90 Å². The summed E-state index contributed by atoms with van der Waals surface area (Å²) in [6.07, 6.45) is 0. The summed E-state index contributed by atoms with van der Waals surface area (Å²) in [5.41, 5.74) is 2.39. The molecular formula is C19H22N4O3S. The summed E-state index contributed by atoms with van der Waals surface area (Å²) >= 11 is 0. The summed E-state index contributed by atoms with van der Waals surface area (Å²) in [5, 5.41) is 3.76. The van der Waals surface area contributed by atoms with E-state index in [2.05, 4.69) is 10.3 Å². The Kier molecular flexibility index (Phi) is 4.95. The van der Waals surface area contributed by atoms with E-state index in [0.717, 1.165) is 15.2 Å². The van der Waals surface area contributed by atoms with Crippen LogP contribution in [0.2, 0.25) is 0 Å². The largest absolute Gasteiger partial charge is 0.376 e. The van der Waals surface area contributed by atoms with Gasteiger partial charge in [-0.3, -0.25) is 4.79 Å². The van der Waals surface area contributed by atoms with Crippen molar-refractivity contribution in [2.75, 3.05) is 38.4 Å². The molecule has 0 saturated heterocycles. The summed E-state index contributed by atoms with van der Waals surface area (Å²) in [7, 11) is 2.99. The lowest BCUT2D eigenvalue weighted by atomic mass is 10.2. The quantitative estimate of drug-likeness (QED) is 0.706. The lowest BCUT2D eigenvalue weighted by Crippen LogP contribution is -2.23. The van der Waals surface area contributed by atoms with Crippen LogP contribution in [0, 0.1) is 0 Å². The number of para-hydroxylation sites is 1. The Morgan fingerprint density at radius 1 is 1.00 bits per heavy atom. The molecular weight excluding hydrogens is 364 g/mol. The molecule has 1 heterocycles. The predicted molar refractivity (Wildman–Crippen MR) is 108 cm³/mol. The van der Waals surface area contributed by atoms with Crippen LogP contribution in [0.25, 0.3) is 10.9 Å². The van der Waals surface area contributed by atoms with E-state index in [1.54, 1.807) is 12.1 Å². The van der Waals surface area contributed by atoms with Crippen LogP contribution in [0.3, 0.4) is 0 Å². The van der Waals surface area contributed by atoms with E-state index < -0.39 is 10.0 Å². The average Bonchev–Trinajstić information content (AvgIpc) is 3.05. The van der Waals surface area contributed by atoms with Gasteiger partial charge < -0.3 is 15.2 Å². The number of sulfonamides is 1. The topological polar surface area (TPSA) is 85.5 Å². The fourth-order valence-corrected chi connectivity index (χ4v) is 3.69. The Bertz CT molecular complexity index is 1070. The number of carbonyl (C=O) groups is 1. The van der Waals surface area contributed by atoms with E-state index in [1.807, 2.05) is 43.3 Å². The second-order valence-corrected chi connectivity index (χ2v) is 8.74. The van der Waals surface area contributed by atoms with Gasteiger partial charge >= 0.3 is 0 Å².